The minimum Gasteiger partial charge on any atom is -0.335 e. The highest BCUT2D eigenvalue weighted by atomic mass is 79.9. The molecular weight excluding hydrogens is 380 g/mol. The molecule has 2 rings (SSSR count). The summed E-state index contributed by atoms with van der Waals surface area (Å²) < 4.78 is 1.89. The molecule has 0 radical (unpaired) electrons. The van der Waals surface area contributed by atoms with Crippen LogP contribution in [0.3, 0.4) is 0 Å². The molecule has 100 valence electrons. The fraction of sp³-hybridized carbons (Fsp3) is 0.583. The minimum absolute atomic E-state index is 0.131. The Morgan fingerprint density at radius 1 is 1.44 bits per heavy atom. The SMILES string of the molecule is CC1CN(C)CCCN1C(=O)c1cc(Br)sc1Br. The lowest BCUT2D eigenvalue weighted by Crippen LogP contribution is -2.41. The Bertz CT molecular complexity index is 449. The molecule has 1 unspecified atom stereocenters. The molecule has 0 aromatic carbocycles. The van der Waals surface area contributed by atoms with Gasteiger partial charge in [0, 0.05) is 19.1 Å². The van der Waals surface area contributed by atoms with E-state index in [4.69, 9.17) is 0 Å². The summed E-state index contributed by atoms with van der Waals surface area (Å²) >= 11 is 8.44. The number of likely N-dealkylation sites (N-methyl/N-ethyl adjacent to an activating group) is 1. The van der Waals surface area contributed by atoms with Crippen molar-refractivity contribution in [2.45, 2.75) is 19.4 Å². The van der Waals surface area contributed by atoms with Gasteiger partial charge in [-0.1, -0.05) is 0 Å². The third-order valence-corrected chi connectivity index (χ3v) is 5.53. The van der Waals surface area contributed by atoms with Crippen molar-refractivity contribution in [3.63, 3.8) is 0 Å². The largest absolute Gasteiger partial charge is 0.335 e. The van der Waals surface area contributed by atoms with Gasteiger partial charge < -0.3 is 9.80 Å². The van der Waals surface area contributed by atoms with Crippen LogP contribution >= 0.6 is 43.2 Å². The maximum atomic E-state index is 12.6. The number of halogens is 2. The maximum Gasteiger partial charge on any atom is 0.256 e. The monoisotopic (exact) mass is 394 g/mol. The first-order chi connectivity index (χ1) is 8.49. The van der Waals surface area contributed by atoms with Crippen molar-refractivity contribution in [3.05, 3.63) is 19.2 Å². The molecule has 0 aliphatic carbocycles. The van der Waals surface area contributed by atoms with Crippen LogP contribution in [0.15, 0.2) is 13.6 Å². The fourth-order valence-corrected chi connectivity index (χ4v) is 5.09. The first-order valence-corrected chi connectivity index (χ1v) is 8.33. The van der Waals surface area contributed by atoms with E-state index < -0.39 is 0 Å². The molecule has 1 aromatic rings. The van der Waals surface area contributed by atoms with Crippen molar-refractivity contribution in [1.82, 2.24) is 9.80 Å². The summed E-state index contributed by atoms with van der Waals surface area (Å²) in [5.74, 6) is 0.131. The molecule has 0 bridgehead atoms. The summed E-state index contributed by atoms with van der Waals surface area (Å²) in [7, 11) is 2.11. The van der Waals surface area contributed by atoms with Gasteiger partial charge in [0.15, 0.2) is 0 Å². The number of hydrogen-bond acceptors (Lipinski definition) is 3. The summed E-state index contributed by atoms with van der Waals surface area (Å²) in [5.41, 5.74) is 0.767. The zero-order valence-corrected chi connectivity index (χ0v) is 14.4. The van der Waals surface area contributed by atoms with Crippen LogP contribution in [0.5, 0.6) is 0 Å². The second-order valence-electron chi connectivity index (χ2n) is 4.70. The Hall–Kier alpha value is 0.0900. The second kappa shape index (κ2) is 6.03. The summed E-state index contributed by atoms with van der Waals surface area (Å²) in [5, 5.41) is 0. The van der Waals surface area contributed by atoms with Crippen molar-refractivity contribution in [2.75, 3.05) is 26.7 Å². The zero-order chi connectivity index (χ0) is 13.3. The number of amides is 1. The van der Waals surface area contributed by atoms with Gasteiger partial charge in [0.25, 0.3) is 5.91 Å². The summed E-state index contributed by atoms with van der Waals surface area (Å²) in [6, 6.07) is 2.16. The van der Waals surface area contributed by atoms with Gasteiger partial charge in [0.2, 0.25) is 0 Å². The summed E-state index contributed by atoms with van der Waals surface area (Å²) in [4.78, 5) is 16.8. The van der Waals surface area contributed by atoms with Gasteiger partial charge in [-0.05, 0) is 64.9 Å². The molecule has 1 aliphatic heterocycles. The number of hydrogen-bond donors (Lipinski definition) is 0. The molecule has 1 saturated heterocycles. The minimum atomic E-state index is 0.131. The van der Waals surface area contributed by atoms with Crippen molar-refractivity contribution in [1.29, 1.82) is 0 Å². The van der Waals surface area contributed by atoms with E-state index in [0.29, 0.717) is 0 Å². The molecule has 1 aliphatic rings. The quantitative estimate of drug-likeness (QED) is 0.727. The van der Waals surface area contributed by atoms with Gasteiger partial charge in [-0.3, -0.25) is 4.79 Å². The van der Waals surface area contributed by atoms with E-state index in [1.54, 1.807) is 11.3 Å². The van der Waals surface area contributed by atoms with Crippen molar-refractivity contribution < 1.29 is 4.79 Å². The fourth-order valence-electron chi connectivity index (χ4n) is 2.31. The average molecular weight is 396 g/mol. The number of nitrogens with zero attached hydrogens (tertiary/aromatic N) is 2. The Balaban J connectivity index is 2.19. The molecule has 1 amide bonds. The molecule has 1 aromatic heterocycles. The van der Waals surface area contributed by atoms with Crippen molar-refractivity contribution >= 4 is 49.1 Å². The van der Waals surface area contributed by atoms with Gasteiger partial charge in [0.05, 0.1) is 13.1 Å². The van der Waals surface area contributed by atoms with Crippen LogP contribution in [0.25, 0.3) is 0 Å². The Labute approximate surface area is 128 Å². The maximum absolute atomic E-state index is 12.6. The average Bonchev–Trinajstić information content (AvgIpc) is 2.52. The van der Waals surface area contributed by atoms with Crippen LogP contribution in [0.4, 0.5) is 0 Å². The first-order valence-electron chi connectivity index (χ1n) is 5.93. The molecule has 1 fully saturated rings. The smallest absolute Gasteiger partial charge is 0.256 e. The van der Waals surface area contributed by atoms with Crippen LogP contribution in [-0.4, -0.2) is 48.4 Å². The van der Waals surface area contributed by atoms with Gasteiger partial charge in [-0.2, -0.15) is 0 Å². The van der Waals surface area contributed by atoms with Crippen molar-refractivity contribution in [2.24, 2.45) is 0 Å². The molecule has 0 N–H and O–H groups in total. The van der Waals surface area contributed by atoms with Crippen LogP contribution < -0.4 is 0 Å². The second-order valence-corrected chi connectivity index (χ2v) is 8.45. The number of carbonyl (C=O) groups is 1. The first kappa shape index (κ1) is 14.5. The zero-order valence-electron chi connectivity index (χ0n) is 10.4. The standard InChI is InChI=1S/C12H16Br2N2OS/c1-8-7-15(2)4-3-5-16(8)12(17)9-6-10(13)18-11(9)14/h6,8H,3-5,7H2,1-2H3. The molecule has 0 spiro atoms. The lowest BCUT2D eigenvalue weighted by atomic mass is 10.2. The highest BCUT2D eigenvalue weighted by Gasteiger charge is 2.26. The third-order valence-electron chi connectivity index (χ3n) is 3.19. The molecule has 2 heterocycles. The van der Waals surface area contributed by atoms with E-state index >= 15 is 0 Å². The molecule has 0 saturated carbocycles. The molecular formula is C12H16Br2N2OS. The molecule has 18 heavy (non-hydrogen) atoms. The Kier molecular flexibility index (Phi) is 4.86. The predicted octanol–water partition coefficient (Wildman–Crippen LogP) is 3.44. The Morgan fingerprint density at radius 2 is 2.17 bits per heavy atom. The van der Waals surface area contributed by atoms with Crippen LogP contribution in [0, 0.1) is 0 Å². The van der Waals surface area contributed by atoms with E-state index in [9.17, 15) is 4.79 Å². The van der Waals surface area contributed by atoms with Gasteiger partial charge in [0.1, 0.15) is 0 Å². The van der Waals surface area contributed by atoms with E-state index in [1.807, 2.05) is 11.0 Å². The predicted molar refractivity (Wildman–Crippen MR) is 82.3 cm³/mol. The van der Waals surface area contributed by atoms with Gasteiger partial charge in [-0.15, -0.1) is 11.3 Å². The van der Waals surface area contributed by atoms with E-state index in [2.05, 4.69) is 50.7 Å². The highest BCUT2D eigenvalue weighted by Crippen LogP contribution is 2.33. The summed E-state index contributed by atoms with van der Waals surface area (Å²) in [6.45, 7) is 4.95. The number of rotatable bonds is 1. The lowest BCUT2D eigenvalue weighted by molar-refractivity contribution is 0.0696. The van der Waals surface area contributed by atoms with E-state index in [-0.39, 0.29) is 11.9 Å². The Morgan fingerprint density at radius 3 is 2.78 bits per heavy atom. The molecule has 1 atom stereocenters. The van der Waals surface area contributed by atoms with Crippen LogP contribution in [0.1, 0.15) is 23.7 Å². The number of thiophene rings is 1. The third kappa shape index (κ3) is 3.15. The van der Waals surface area contributed by atoms with E-state index in [0.717, 1.165) is 39.2 Å². The number of carbonyl (C=O) groups excluding carboxylic acids is 1. The lowest BCUT2D eigenvalue weighted by Gasteiger charge is -2.28. The van der Waals surface area contributed by atoms with Crippen molar-refractivity contribution in [3.8, 4) is 0 Å². The molecule has 3 nitrogen and oxygen atoms in total. The van der Waals surface area contributed by atoms with Crippen LogP contribution in [0.2, 0.25) is 0 Å². The summed E-state index contributed by atoms with van der Waals surface area (Å²) in [6.07, 6.45) is 1.04. The van der Waals surface area contributed by atoms with Gasteiger partial charge >= 0.3 is 0 Å². The topological polar surface area (TPSA) is 23.6 Å². The highest BCUT2D eigenvalue weighted by molar-refractivity contribution is 9.12. The van der Waals surface area contributed by atoms with Crippen LogP contribution in [-0.2, 0) is 0 Å². The normalized spacial score (nSPS) is 22.0. The molecule has 6 heteroatoms. The van der Waals surface area contributed by atoms with E-state index in [1.165, 1.54) is 0 Å². The van der Waals surface area contributed by atoms with Gasteiger partial charge in [-0.25, -0.2) is 0 Å².